The van der Waals surface area contributed by atoms with Crippen molar-refractivity contribution in [3.05, 3.63) is 29.8 Å². The maximum Gasteiger partial charge on any atom is 0.407 e. The van der Waals surface area contributed by atoms with Gasteiger partial charge in [-0.3, -0.25) is 4.99 Å². The number of rotatable bonds is 4. The average Bonchev–Trinajstić information content (AvgIpc) is 2.54. The minimum absolute atomic E-state index is 0. The lowest BCUT2D eigenvalue weighted by molar-refractivity contribution is 0.0528. The zero-order valence-electron chi connectivity index (χ0n) is 17.6. The van der Waals surface area contributed by atoms with Crippen molar-refractivity contribution in [3.8, 4) is 5.75 Å². The molecule has 1 aromatic carbocycles. The second-order valence-corrected chi connectivity index (χ2v) is 8.23. The molecule has 0 aromatic heterocycles. The molecule has 8 heteroatoms. The molecule has 1 amide bonds. The van der Waals surface area contributed by atoms with Crippen LogP contribution in [0, 0.1) is 0 Å². The largest absolute Gasteiger partial charge is 0.487 e. The molecule has 2 rings (SSSR count). The van der Waals surface area contributed by atoms with Gasteiger partial charge in [0.05, 0.1) is 6.04 Å². The van der Waals surface area contributed by atoms with Gasteiger partial charge in [0.25, 0.3) is 0 Å². The normalized spacial score (nSPS) is 18.1. The fourth-order valence-corrected chi connectivity index (χ4v) is 2.95. The van der Waals surface area contributed by atoms with E-state index < -0.39 is 11.7 Å². The molecule has 1 aliphatic heterocycles. The number of alkyl carbamates (subject to hydrolysis) is 1. The highest BCUT2D eigenvalue weighted by atomic mass is 127. The molecule has 1 unspecified atom stereocenters. The van der Waals surface area contributed by atoms with Crippen LogP contribution >= 0.6 is 24.0 Å². The monoisotopic (exact) mass is 504 g/mol. The van der Waals surface area contributed by atoms with Gasteiger partial charge in [0.2, 0.25) is 0 Å². The quantitative estimate of drug-likeness (QED) is 0.253. The van der Waals surface area contributed by atoms with Crippen LogP contribution in [-0.4, -0.2) is 43.4 Å². The Kier molecular flexibility index (Phi) is 8.84. The van der Waals surface area contributed by atoms with E-state index in [0.29, 0.717) is 19.0 Å². The maximum absolute atomic E-state index is 11.7. The van der Waals surface area contributed by atoms with Crippen molar-refractivity contribution in [3.63, 3.8) is 0 Å². The number of nitrogens with one attached hydrogen (secondary N) is 3. The molecule has 0 spiro atoms. The molecule has 0 aliphatic carbocycles. The van der Waals surface area contributed by atoms with Gasteiger partial charge in [-0.1, -0.05) is 18.2 Å². The summed E-state index contributed by atoms with van der Waals surface area (Å²) >= 11 is 0. The summed E-state index contributed by atoms with van der Waals surface area (Å²) in [5.41, 5.74) is 0.355. The molecule has 0 bridgehead atoms. The number of para-hydroxylation sites is 1. The van der Waals surface area contributed by atoms with Crippen LogP contribution in [0.2, 0.25) is 0 Å². The molecule has 1 aromatic rings. The predicted molar refractivity (Wildman–Crippen MR) is 123 cm³/mol. The van der Waals surface area contributed by atoms with Crippen LogP contribution in [0.15, 0.2) is 29.3 Å². The van der Waals surface area contributed by atoms with Gasteiger partial charge in [-0.2, -0.15) is 0 Å². The summed E-state index contributed by atoms with van der Waals surface area (Å²) in [6.45, 7) is 10.6. The number of carbonyl (C=O) groups is 1. The lowest BCUT2D eigenvalue weighted by Crippen LogP contribution is -2.47. The molecular formula is C20H33IN4O3. The third-order valence-electron chi connectivity index (χ3n) is 4.00. The van der Waals surface area contributed by atoms with Crippen LogP contribution < -0.4 is 20.7 Å². The summed E-state index contributed by atoms with van der Waals surface area (Å²) < 4.78 is 11.3. The van der Waals surface area contributed by atoms with Gasteiger partial charge in [0.1, 0.15) is 17.0 Å². The molecule has 1 heterocycles. The summed E-state index contributed by atoms with van der Waals surface area (Å²) in [6, 6.07) is 8.14. The first-order chi connectivity index (χ1) is 12.6. The van der Waals surface area contributed by atoms with E-state index in [4.69, 9.17) is 9.47 Å². The number of benzene rings is 1. The van der Waals surface area contributed by atoms with Crippen molar-refractivity contribution in [2.75, 3.05) is 20.1 Å². The summed E-state index contributed by atoms with van der Waals surface area (Å²) in [5.74, 6) is 1.58. The van der Waals surface area contributed by atoms with Crippen molar-refractivity contribution in [1.29, 1.82) is 0 Å². The van der Waals surface area contributed by atoms with Crippen LogP contribution in [0.3, 0.4) is 0 Å². The van der Waals surface area contributed by atoms with Gasteiger partial charge >= 0.3 is 6.09 Å². The van der Waals surface area contributed by atoms with Crippen LogP contribution in [0.5, 0.6) is 5.75 Å². The first kappa shape index (κ1) is 24.3. The highest BCUT2D eigenvalue weighted by molar-refractivity contribution is 14.0. The number of fused-ring (bicyclic) bond motifs is 1. The Labute approximate surface area is 185 Å². The van der Waals surface area contributed by atoms with E-state index in [2.05, 4.69) is 40.9 Å². The van der Waals surface area contributed by atoms with Gasteiger partial charge in [0, 0.05) is 32.1 Å². The lowest BCUT2D eigenvalue weighted by atomic mass is 9.90. The molecule has 1 atom stereocenters. The van der Waals surface area contributed by atoms with Crippen LogP contribution in [-0.2, 0) is 4.74 Å². The highest BCUT2D eigenvalue weighted by Gasteiger charge is 2.33. The Hall–Kier alpha value is -1.71. The van der Waals surface area contributed by atoms with E-state index in [0.717, 1.165) is 17.7 Å². The molecule has 3 N–H and O–H groups in total. The third-order valence-corrected chi connectivity index (χ3v) is 4.00. The molecule has 1 aliphatic rings. The first-order valence-electron chi connectivity index (χ1n) is 9.32. The molecule has 28 heavy (non-hydrogen) atoms. The Balaban J connectivity index is 0.00000392. The highest BCUT2D eigenvalue weighted by Crippen LogP contribution is 2.39. The molecule has 7 nitrogen and oxygen atoms in total. The lowest BCUT2D eigenvalue weighted by Gasteiger charge is -2.38. The predicted octanol–water partition coefficient (Wildman–Crippen LogP) is 3.60. The van der Waals surface area contributed by atoms with Crippen LogP contribution in [0.25, 0.3) is 0 Å². The molecule has 0 saturated heterocycles. The number of nitrogens with zero attached hydrogens (tertiary/aromatic N) is 1. The van der Waals surface area contributed by atoms with Crippen molar-refractivity contribution in [2.24, 2.45) is 4.99 Å². The number of ether oxygens (including phenoxy) is 2. The molecule has 0 saturated carbocycles. The minimum Gasteiger partial charge on any atom is -0.487 e. The summed E-state index contributed by atoms with van der Waals surface area (Å²) in [7, 11) is 1.73. The first-order valence-corrected chi connectivity index (χ1v) is 9.32. The number of halogens is 1. The SMILES string of the molecule is CN=C(NCCNC(=O)OC(C)(C)C)NC1CC(C)(C)Oc2ccccc21.I. The van der Waals surface area contributed by atoms with Gasteiger partial charge in [-0.25, -0.2) is 4.79 Å². The van der Waals surface area contributed by atoms with Gasteiger partial charge in [-0.15, -0.1) is 24.0 Å². The molecule has 0 fully saturated rings. The van der Waals surface area contributed by atoms with Crippen LogP contribution in [0.4, 0.5) is 4.79 Å². The van der Waals surface area contributed by atoms with E-state index in [-0.39, 0.29) is 35.6 Å². The maximum atomic E-state index is 11.7. The standard InChI is InChI=1S/C20H32N4O3.HI/c1-19(2,3)27-18(25)23-12-11-22-17(21-6)24-15-13-20(4,5)26-16-10-8-7-9-14(15)16;/h7-10,15H,11-13H2,1-6H3,(H,23,25)(H2,21,22,24);1H. The summed E-state index contributed by atoms with van der Waals surface area (Å²) in [4.78, 5) is 16.0. The van der Waals surface area contributed by atoms with Gasteiger partial charge < -0.3 is 25.4 Å². The smallest absolute Gasteiger partial charge is 0.407 e. The summed E-state index contributed by atoms with van der Waals surface area (Å²) in [5, 5.41) is 9.40. The number of carbonyl (C=O) groups excluding carboxylic acids is 1. The van der Waals surface area contributed by atoms with Crippen molar-refractivity contribution in [2.45, 2.75) is 58.3 Å². The Bertz CT molecular complexity index is 686. The fourth-order valence-electron chi connectivity index (χ4n) is 2.95. The van der Waals surface area contributed by atoms with Gasteiger partial charge in [0.15, 0.2) is 5.96 Å². The molecule has 158 valence electrons. The summed E-state index contributed by atoms with van der Waals surface area (Å²) in [6.07, 6.45) is 0.397. The van der Waals surface area contributed by atoms with Gasteiger partial charge in [-0.05, 0) is 40.7 Å². The number of hydrogen-bond acceptors (Lipinski definition) is 4. The van der Waals surface area contributed by atoms with E-state index in [1.165, 1.54) is 0 Å². The number of amides is 1. The average molecular weight is 504 g/mol. The third kappa shape index (κ3) is 7.73. The Morgan fingerprint density at radius 3 is 2.54 bits per heavy atom. The van der Waals surface area contributed by atoms with E-state index in [9.17, 15) is 4.79 Å². The molecular weight excluding hydrogens is 471 g/mol. The van der Waals surface area contributed by atoms with Crippen molar-refractivity contribution >= 4 is 36.0 Å². The fraction of sp³-hybridized carbons (Fsp3) is 0.600. The zero-order chi connectivity index (χ0) is 20.1. The number of hydrogen-bond donors (Lipinski definition) is 3. The van der Waals surface area contributed by atoms with E-state index >= 15 is 0 Å². The Morgan fingerprint density at radius 1 is 1.25 bits per heavy atom. The zero-order valence-corrected chi connectivity index (χ0v) is 19.9. The van der Waals surface area contributed by atoms with Crippen molar-refractivity contribution < 1.29 is 14.3 Å². The Morgan fingerprint density at radius 2 is 1.89 bits per heavy atom. The number of guanidine groups is 1. The van der Waals surface area contributed by atoms with E-state index in [1.807, 2.05) is 39.0 Å². The molecule has 0 radical (unpaired) electrons. The second-order valence-electron chi connectivity index (χ2n) is 8.23. The second kappa shape index (κ2) is 10.2. The topological polar surface area (TPSA) is 84.0 Å². The minimum atomic E-state index is -0.502. The van der Waals surface area contributed by atoms with Crippen molar-refractivity contribution in [1.82, 2.24) is 16.0 Å². The number of aliphatic imine (C=N–C) groups is 1. The van der Waals surface area contributed by atoms with E-state index in [1.54, 1.807) is 7.05 Å². The van der Waals surface area contributed by atoms with Crippen LogP contribution in [0.1, 0.15) is 52.6 Å².